The summed E-state index contributed by atoms with van der Waals surface area (Å²) in [7, 11) is 2.13. The predicted octanol–water partition coefficient (Wildman–Crippen LogP) is 6.11. The van der Waals surface area contributed by atoms with Crippen molar-refractivity contribution in [1.82, 2.24) is 0 Å². The highest BCUT2D eigenvalue weighted by molar-refractivity contribution is 7.56. The molecule has 0 amide bonds. The molecule has 4 heteroatoms. The zero-order valence-electron chi connectivity index (χ0n) is 21.0. The number of benzene rings is 2. The average molecular weight is 442 g/mol. The summed E-state index contributed by atoms with van der Waals surface area (Å²) in [5, 5.41) is 2.48. The third kappa shape index (κ3) is 7.44. The first-order chi connectivity index (χ1) is 14.2. The molecule has 2 aromatic carbocycles. The second kappa shape index (κ2) is 9.84. The van der Waals surface area contributed by atoms with E-state index in [2.05, 4.69) is 98.7 Å². The Balaban J connectivity index is 2.66. The minimum absolute atomic E-state index is 0.0449. The molecule has 0 aliphatic rings. The van der Waals surface area contributed by atoms with Gasteiger partial charge in [-0.25, -0.2) is 0 Å². The lowest BCUT2D eigenvalue weighted by Gasteiger charge is -2.29. The highest BCUT2D eigenvalue weighted by atomic mass is 31.1. The molecule has 0 aromatic heterocycles. The van der Waals surface area contributed by atoms with Gasteiger partial charge in [-0.15, -0.1) is 0 Å². The van der Waals surface area contributed by atoms with Crippen molar-refractivity contribution in [3.8, 4) is 5.75 Å². The number of rotatable bonds is 6. The van der Waals surface area contributed by atoms with Crippen LogP contribution >= 0.6 is 8.58 Å². The predicted molar refractivity (Wildman–Crippen MR) is 138 cm³/mol. The van der Waals surface area contributed by atoms with Gasteiger partial charge in [-0.2, -0.15) is 0 Å². The number of ether oxygens (including phenoxy) is 2. The quantitative estimate of drug-likeness (QED) is 0.308. The summed E-state index contributed by atoms with van der Waals surface area (Å²) in [5.41, 5.74) is 3.61. The van der Waals surface area contributed by atoms with E-state index in [0.29, 0.717) is 8.58 Å². The Labute approximate surface area is 191 Å². The molecular weight excluding hydrogens is 401 g/mol. The fourth-order valence-corrected chi connectivity index (χ4v) is 4.43. The van der Waals surface area contributed by atoms with Gasteiger partial charge in [-0.3, -0.25) is 4.99 Å². The number of nitrogens with zero attached hydrogens (tertiary/aromatic N) is 1. The minimum Gasteiger partial charge on any atom is -0.467 e. The number of aliphatic imine (C=N–C) groups is 1. The summed E-state index contributed by atoms with van der Waals surface area (Å²) < 4.78 is 11.5. The maximum absolute atomic E-state index is 6.19. The Morgan fingerprint density at radius 2 is 1.52 bits per heavy atom. The van der Waals surface area contributed by atoms with Crippen molar-refractivity contribution in [2.75, 3.05) is 13.9 Å². The van der Waals surface area contributed by atoms with E-state index in [4.69, 9.17) is 14.5 Å². The van der Waals surface area contributed by atoms with Gasteiger partial charge in [-0.1, -0.05) is 80.5 Å². The Morgan fingerprint density at radius 1 is 0.871 bits per heavy atom. The lowest BCUT2D eigenvalue weighted by molar-refractivity contribution is 0.0506. The summed E-state index contributed by atoms with van der Waals surface area (Å²) >= 11 is 0. The highest BCUT2D eigenvalue weighted by Gasteiger charge is 2.26. The molecule has 0 saturated heterocycles. The van der Waals surface area contributed by atoms with Gasteiger partial charge in [0, 0.05) is 29.8 Å². The SMILES string of the molecule is COCOc1c(Pc2ccccc2/C=N/C(C)(C)C)cc(C(C)(C)C)cc1C(C)(C)C. The van der Waals surface area contributed by atoms with Crippen LogP contribution < -0.4 is 15.3 Å². The van der Waals surface area contributed by atoms with Crippen molar-refractivity contribution in [3.05, 3.63) is 53.1 Å². The van der Waals surface area contributed by atoms with Gasteiger partial charge >= 0.3 is 0 Å². The number of hydrogen-bond acceptors (Lipinski definition) is 3. The van der Waals surface area contributed by atoms with Gasteiger partial charge in [0.15, 0.2) is 6.79 Å². The molecule has 0 saturated carbocycles. The van der Waals surface area contributed by atoms with Crippen LogP contribution in [0.4, 0.5) is 0 Å². The van der Waals surface area contributed by atoms with Crippen LogP contribution in [0.1, 0.15) is 79.0 Å². The molecule has 0 fully saturated rings. The summed E-state index contributed by atoms with van der Waals surface area (Å²) in [6, 6.07) is 13.1. The van der Waals surface area contributed by atoms with E-state index in [9.17, 15) is 0 Å². The first-order valence-electron chi connectivity index (χ1n) is 10.9. The van der Waals surface area contributed by atoms with E-state index in [-0.39, 0.29) is 23.2 Å². The first-order valence-corrected chi connectivity index (χ1v) is 11.9. The van der Waals surface area contributed by atoms with Gasteiger partial charge < -0.3 is 9.47 Å². The Bertz CT molecular complexity index is 912. The fraction of sp³-hybridized carbons (Fsp3) is 0.519. The molecule has 31 heavy (non-hydrogen) atoms. The largest absolute Gasteiger partial charge is 0.467 e. The maximum atomic E-state index is 6.19. The molecule has 1 atom stereocenters. The van der Waals surface area contributed by atoms with E-state index in [1.165, 1.54) is 21.7 Å². The van der Waals surface area contributed by atoms with E-state index in [1.54, 1.807) is 7.11 Å². The molecular formula is C27H40NO2P. The van der Waals surface area contributed by atoms with Crippen LogP contribution in [0.5, 0.6) is 5.75 Å². The van der Waals surface area contributed by atoms with E-state index < -0.39 is 0 Å². The molecule has 0 heterocycles. The second-order valence-electron chi connectivity index (χ2n) is 11.1. The molecule has 2 rings (SSSR count). The van der Waals surface area contributed by atoms with Gasteiger partial charge in [0.2, 0.25) is 0 Å². The standard InChI is InChI=1S/C27H40NO2P/c1-25(2,3)20-15-21(26(4,5)6)24(30-18-29-10)23(16-20)31-22-14-12-11-13-19(22)17-28-27(7,8)9/h11-17,31H,18H2,1-10H3/b28-17+. The molecule has 170 valence electrons. The molecule has 0 spiro atoms. The first kappa shape index (κ1) is 25.6. The van der Waals surface area contributed by atoms with Crippen LogP contribution in [-0.4, -0.2) is 25.7 Å². The Morgan fingerprint density at radius 3 is 2.06 bits per heavy atom. The van der Waals surface area contributed by atoms with Crippen molar-refractivity contribution >= 4 is 25.4 Å². The smallest absolute Gasteiger partial charge is 0.188 e. The van der Waals surface area contributed by atoms with Crippen LogP contribution in [0, 0.1) is 0 Å². The number of methoxy groups -OCH3 is 1. The van der Waals surface area contributed by atoms with Crippen molar-refractivity contribution in [3.63, 3.8) is 0 Å². The van der Waals surface area contributed by atoms with Crippen LogP contribution in [-0.2, 0) is 15.6 Å². The summed E-state index contributed by atoms with van der Waals surface area (Å²) in [5.74, 6) is 0.947. The van der Waals surface area contributed by atoms with E-state index in [0.717, 1.165) is 11.3 Å². The van der Waals surface area contributed by atoms with Crippen molar-refractivity contribution in [2.45, 2.75) is 78.7 Å². The Kier molecular flexibility index (Phi) is 8.11. The third-order valence-corrected chi connectivity index (χ3v) is 6.27. The molecule has 0 aliphatic heterocycles. The van der Waals surface area contributed by atoms with E-state index in [1.807, 2.05) is 6.21 Å². The lowest BCUT2D eigenvalue weighted by atomic mass is 9.80. The topological polar surface area (TPSA) is 30.8 Å². The van der Waals surface area contributed by atoms with Crippen molar-refractivity contribution in [2.24, 2.45) is 4.99 Å². The third-order valence-electron chi connectivity index (χ3n) is 4.91. The molecule has 1 unspecified atom stereocenters. The summed E-state index contributed by atoms with van der Waals surface area (Å²) in [6.45, 7) is 20.1. The number of hydrogen-bond donors (Lipinski definition) is 0. The Hall–Kier alpha value is -1.70. The molecule has 0 radical (unpaired) electrons. The summed E-state index contributed by atoms with van der Waals surface area (Å²) in [6.07, 6.45) is 2.01. The van der Waals surface area contributed by atoms with Gasteiger partial charge in [0.25, 0.3) is 0 Å². The van der Waals surface area contributed by atoms with Gasteiger partial charge in [0.05, 0.1) is 5.54 Å². The normalized spacial score (nSPS) is 13.5. The molecule has 0 aliphatic carbocycles. The highest BCUT2D eigenvalue weighted by Crippen LogP contribution is 2.37. The molecule has 3 nitrogen and oxygen atoms in total. The van der Waals surface area contributed by atoms with Crippen LogP contribution in [0.25, 0.3) is 0 Å². The zero-order chi connectivity index (χ0) is 23.4. The minimum atomic E-state index is -0.103. The monoisotopic (exact) mass is 441 g/mol. The fourth-order valence-electron chi connectivity index (χ4n) is 3.12. The van der Waals surface area contributed by atoms with E-state index >= 15 is 0 Å². The van der Waals surface area contributed by atoms with Gasteiger partial charge in [-0.05, 0) is 48.5 Å². The van der Waals surface area contributed by atoms with Crippen LogP contribution in [0.2, 0.25) is 0 Å². The summed E-state index contributed by atoms with van der Waals surface area (Å²) in [4.78, 5) is 4.74. The van der Waals surface area contributed by atoms with Crippen LogP contribution in [0.3, 0.4) is 0 Å². The molecule has 2 aromatic rings. The van der Waals surface area contributed by atoms with Crippen LogP contribution in [0.15, 0.2) is 41.4 Å². The second-order valence-corrected chi connectivity index (χ2v) is 12.4. The van der Waals surface area contributed by atoms with Gasteiger partial charge in [0.1, 0.15) is 5.75 Å². The van der Waals surface area contributed by atoms with Crippen molar-refractivity contribution in [1.29, 1.82) is 0 Å². The average Bonchev–Trinajstić information content (AvgIpc) is 2.63. The van der Waals surface area contributed by atoms with Crippen molar-refractivity contribution < 1.29 is 9.47 Å². The zero-order valence-corrected chi connectivity index (χ0v) is 22.0. The molecule has 0 bridgehead atoms. The molecule has 0 N–H and O–H groups in total. The maximum Gasteiger partial charge on any atom is 0.188 e. The lowest BCUT2D eigenvalue weighted by Crippen LogP contribution is -2.24.